The summed E-state index contributed by atoms with van der Waals surface area (Å²) in [5.74, 6) is 1.17. The summed E-state index contributed by atoms with van der Waals surface area (Å²) in [6.45, 7) is 5.73. The fraction of sp³-hybridized carbons (Fsp3) is 0.360. The second-order valence-electron chi connectivity index (χ2n) is 9.40. The predicted molar refractivity (Wildman–Crippen MR) is 141 cm³/mol. The predicted octanol–water partition coefficient (Wildman–Crippen LogP) is 4.18. The van der Waals surface area contributed by atoms with Crippen molar-refractivity contribution < 1.29 is 9.59 Å². The minimum Gasteiger partial charge on any atom is -0.358 e. The van der Waals surface area contributed by atoms with Crippen LogP contribution < -0.4 is 16.0 Å². The molecule has 188 valence electrons. The molecule has 2 aliphatic rings. The van der Waals surface area contributed by atoms with Crippen molar-refractivity contribution in [2.75, 3.05) is 30.3 Å². The van der Waals surface area contributed by atoms with Crippen LogP contribution in [0, 0.1) is 5.92 Å². The Labute approximate surface area is 219 Å². The quantitative estimate of drug-likeness (QED) is 0.462. The first-order chi connectivity index (χ1) is 17.3. The van der Waals surface area contributed by atoms with Crippen LogP contribution in [0.2, 0.25) is 10.0 Å². The molecular weight excluding hydrogens is 501 g/mol. The zero-order chi connectivity index (χ0) is 25.4. The van der Waals surface area contributed by atoms with Crippen LogP contribution in [0.3, 0.4) is 0 Å². The number of hydrogen-bond acceptors (Lipinski definition) is 6. The highest BCUT2D eigenvalue weighted by atomic mass is 35.5. The number of nitrogens with zero attached hydrogens (tertiary/aromatic N) is 4. The Balaban J connectivity index is 1.42. The van der Waals surface area contributed by atoms with Crippen molar-refractivity contribution in [3.05, 3.63) is 58.3 Å². The summed E-state index contributed by atoms with van der Waals surface area (Å²) < 4.78 is 0. The number of amides is 3. The molecule has 1 saturated heterocycles. The molecule has 0 radical (unpaired) electrons. The number of piperazine rings is 1. The molecule has 2 aromatic carbocycles. The summed E-state index contributed by atoms with van der Waals surface area (Å²) in [5, 5.41) is 11.1. The van der Waals surface area contributed by atoms with Crippen molar-refractivity contribution in [3.8, 4) is 0 Å². The van der Waals surface area contributed by atoms with E-state index >= 15 is 0 Å². The van der Waals surface area contributed by atoms with Crippen LogP contribution in [0.4, 0.5) is 16.3 Å². The number of fused-ring (bicyclic) bond motifs is 5. The van der Waals surface area contributed by atoms with Crippen LogP contribution in [-0.4, -0.2) is 63.5 Å². The highest BCUT2D eigenvalue weighted by Crippen LogP contribution is 2.26. The lowest BCUT2D eigenvalue weighted by Gasteiger charge is -2.42. The topological polar surface area (TPSA) is 102 Å². The number of carbonyl (C=O) groups is 2. The molecule has 3 amide bonds. The lowest BCUT2D eigenvalue weighted by molar-refractivity contribution is -0.125. The second kappa shape index (κ2) is 10.1. The van der Waals surface area contributed by atoms with Gasteiger partial charge >= 0.3 is 6.03 Å². The number of rotatable bonds is 2. The molecule has 0 aliphatic carbocycles. The minimum absolute atomic E-state index is 0.00521. The Morgan fingerprint density at radius 3 is 2.58 bits per heavy atom. The van der Waals surface area contributed by atoms with Crippen molar-refractivity contribution >= 4 is 57.5 Å². The molecule has 1 aromatic heterocycles. The van der Waals surface area contributed by atoms with Gasteiger partial charge in [0.05, 0.1) is 18.6 Å². The summed E-state index contributed by atoms with van der Waals surface area (Å²) >= 11 is 12.1. The summed E-state index contributed by atoms with van der Waals surface area (Å²) in [5.41, 5.74) is 1.33. The summed E-state index contributed by atoms with van der Waals surface area (Å²) in [6, 6.07) is 11.9. The molecule has 3 N–H and O–H groups in total. The van der Waals surface area contributed by atoms with Gasteiger partial charge in [-0.05, 0) is 36.2 Å². The maximum absolute atomic E-state index is 13.4. The van der Waals surface area contributed by atoms with Crippen molar-refractivity contribution in [2.45, 2.75) is 32.6 Å². The van der Waals surface area contributed by atoms with E-state index in [-0.39, 0.29) is 17.9 Å². The van der Waals surface area contributed by atoms with E-state index in [2.05, 4.69) is 20.9 Å². The fourth-order valence-electron chi connectivity index (χ4n) is 4.58. The van der Waals surface area contributed by atoms with E-state index in [0.717, 1.165) is 10.9 Å². The number of anilines is 2. The third-order valence-electron chi connectivity index (χ3n) is 6.44. The molecule has 36 heavy (non-hydrogen) atoms. The van der Waals surface area contributed by atoms with Gasteiger partial charge in [-0.15, -0.1) is 0 Å². The molecule has 2 bridgehead atoms. The zero-order valence-electron chi connectivity index (χ0n) is 20.0. The van der Waals surface area contributed by atoms with Gasteiger partial charge in [-0.25, -0.2) is 14.8 Å². The SMILES string of the molecule is CC(C)[C@@H]1Nc2nc(nc3ccccc23)CN2CCN(C(=O)Nc3cc(Cl)cc(Cl)c3)CC2NC1=O. The van der Waals surface area contributed by atoms with Gasteiger partial charge in [0, 0.05) is 34.2 Å². The first kappa shape index (κ1) is 24.5. The van der Waals surface area contributed by atoms with E-state index in [4.69, 9.17) is 33.2 Å². The third kappa shape index (κ3) is 5.18. The zero-order valence-corrected chi connectivity index (χ0v) is 21.5. The number of benzene rings is 2. The minimum atomic E-state index is -0.506. The standard InChI is InChI=1S/C25H27Cl2N7O2/c1-14(2)22-24(35)31-21-13-34(25(36)28-17-10-15(26)9-16(27)11-17)8-7-33(21)12-20-29-19-6-4-3-5-18(19)23(30-20)32-22/h3-6,9-11,14,21-22H,7-8,12-13H2,1-2H3,(H,28,36)(H,31,35)(H,29,30,32)/t21?,22-/m0/s1. The molecule has 5 rings (SSSR count). The van der Waals surface area contributed by atoms with Gasteiger partial charge in [-0.2, -0.15) is 0 Å². The number of aromatic nitrogens is 2. The van der Waals surface area contributed by atoms with Gasteiger partial charge < -0.3 is 20.9 Å². The highest BCUT2D eigenvalue weighted by molar-refractivity contribution is 6.35. The van der Waals surface area contributed by atoms with Gasteiger partial charge in [0.1, 0.15) is 23.8 Å². The Bertz CT molecular complexity index is 1300. The van der Waals surface area contributed by atoms with Gasteiger partial charge in [-0.3, -0.25) is 9.69 Å². The van der Waals surface area contributed by atoms with E-state index < -0.39 is 12.2 Å². The van der Waals surface area contributed by atoms with Gasteiger partial charge in [0.2, 0.25) is 5.91 Å². The molecular formula is C25H27Cl2N7O2. The molecule has 2 aliphatic heterocycles. The molecule has 3 heterocycles. The average Bonchev–Trinajstić information content (AvgIpc) is 2.82. The Kier molecular flexibility index (Phi) is 6.87. The van der Waals surface area contributed by atoms with Crippen molar-refractivity contribution in [1.29, 1.82) is 0 Å². The number of carbonyl (C=O) groups excluding carboxylic acids is 2. The average molecular weight is 528 g/mol. The largest absolute Gasteiger partial charge is 0.358 e. The Morgan fingerprint density at radius 2 is 1.83 bits per heavy atom. The maximum Gasteiger partial charge on any atom is 0.322 e. The number of hydrogen-bond donors (Lipinski definition) is 3. The molecule has 9 nitrogen and oxygen atoms in total. The van der Waals surface area contributed by atoms with Crippen LogP contribution in [-0.2, 0) is 11.3 Å². The lowest BCUT2D eigenvalue weighted by Crippen LogP contribution is -2.63. The summed E-state index contributed by atoms with van der Waals surface area (Å²) in [4.78, 5) is 39.8. The van der Waals surface area contributed by atoms with Crippen LogP contribution in [0.25, 0.3) is 10.9 Å². The Hall–Kier alpha value is -3.14. The molecule has 0 saturated carbocycles. The fourth-order valence-corrected chi connectivity index (χ4v) is 5.11. The van der Waals surface area contributed by atoms with Crippen LogP contribution in [0.1, 0.15) is 19.7 Å². The van der Waals surface area contributed by atoms with E-state index in [1.807, 2.05) is 38.1 Å². The van der Waals surface area contributed by atoms with Crippen molar-refractivity contribution in [3.63, 3.8) is 0 Å². The van der Waals surface area contributed by atoms with E-state index in [9.17, 15) is 9.59 Å². The molecule has 3 aromatic rings. The second-order valence-corrected chi connectivity index (χ2v) is 10.3. The summed E-state index contributed by atoms with van der Waals surface area (Å²) in [6.07, 6.45) is -0.403. The number of halogens is 2. The van der Waals surface area contributed by atoms with Gasteiger partial charge in [-0.1, -0.05) is 49.2 Å². The van der Waals surface area contributed by atoms with E-state index in [1.165, 1.54) is 0 Å². The van der Waals surface area contributed by atoms with Crippen molar-refractivity contribution in [1.82, 2.24) is 25.1 Å². The monoisotopic (exact) mass is 527 g/mol. The smallest absolute Gasteiger partial charge is 0.322 e. The summed E-state index contributed by atoms with van der Waals surface area (Å²) in [7, 11) is 0. The van der Waals surface area contributed by atoms with E-state index in [1.54, 1.807) is 23.1 Å². The van der Waals surface area contributed by atoms with Gasteiger partial charge in [0.25, 0.3) is 0 Å². The number of nitrogens with one attached hydrogen (secondary N) is 3. The first-order valence-electron chi connectivity index (χ1n) is 11.9. The maximum atomic E-state index is 13.4. The Morgan fingerprint density at radius 1 is 1.08 bits per heavy atom. The number of para-hydroxylation sites is 1. The first-order valence-corrected chi connectivity index (χ1v) is 12.6. The third-order valence-corrected chi connectivity index (χ3v) is 6.87. The normalized spacial score (nSPS) is 20.5. The molecule has 2 atom stereocenters. The van der Waals surface area contributed by atoms with Crippen LogP contribution >= 0.6 is 23.2 Å². The van der Waals surface area contributed by atoms with Crippen LogP contribution in [0.5, 0.6) is 0 Å². The van der Waals surface area contributed by atoms with Crippen molar-refractivity contribution in [2.24, 2.45) is 5.92 Å². The number of urea groups is 1. The van der Waals surface area contributed by atoms with Gasteiger partial charge in [0.15, 0.2) is 0 Å². The van der Waals surface area contributed by atoms with Crippen LogP contribution in [0.15, 0.2) is 42.5 Å². The molecule has 1 fully saturated rings. The molecule has 1 unspecified atom stereocenters. The molecule has 11 heteroatoms. The highest BCUT2D eigenvalue weighted by Gasteiger charge is 2.35. The van der Waals surface area contributed by atoms with E-state index in [0.29, 0.717) is 53.6 Å². The molecule has 0 spiro atoms. The lowest BCUT2D eigenvalue weighted by atomic mass is 10.0.